The van der Waals surface area contributed by atoms with Gasteiger partial charge in [-0.15, -0.1) is 23.5 Å². The molecular weight excluding hydrogens is 1720 g/mol. The van der Waals surface area contributed by atoms with E-state index in [4.69, 9.17) is 32.7 Å². The van der Waals surface area contributed by atoms with Gasteiger partial charge in [0.1, 0.15) is 34.3 Å². The Kier molecular flexibility index (Phi) is 26.8. The Labute approximate surface area is 753 Å². The van der Waals surface area contributed by atoms with Crippen LogP contribution in [0.25, 0.3) is 33.2 Å². The monoisotopic (exact) mass is 1820 g/mol. The molecular formula is C93H105Cl2N15O12S4. The second-order valence-corrected chi connectivity index (χ2v) is 42.3. The number of nitro benzene ring substituents is 2. The van der Waals surface area contributed by atoms with E-state index in [0.717, 1.165) is 188 Å². The van der Waals surface area contributed by atoms with Crippen LogP contribution >= 0.6 is 46.7 Å². The number of nitrogens with one attached hydrogen (secondary N) is 4. The fourth-order valence-corrected chi connectivity index (χ4v) is 23.1. The van der Waals surface area contributed by atoms with Crippen molar-refractivity contribution in [2.24, 2.45) is 22.7 Å². The molecule has 4 aromatic heterocycles. The number of nitrogens with zero attached hydrogens (tertiary/aromatic N) is 11. The van der Waals surface area contributed by atoms with E-state index in [9.17, 15) is 46.7 Å². The van der Waals surface area contributed by atoms with Gasteiger partial charge in [0.05, 0.1) is 43.2 Å². The number of aromatic nitrogens is 4. The van der Waals surface area contributed by atoms with Gasteiger partial charge in [-0.2, -0.15) is 0 Å². The van der Waals surface area contributed by atoms with E-state index in [0.29, 0.717) is 68.1 Å². The number of hydrogen-bond donors (Lipinski definition) is 4. The zero-order valence-corrected chi connectivity index (χ0v) is 76.5. The molecule has 5 aliphatic heterocycles. The molecule has 9 heterocycles. The van der Waals surface area contributed by atoms with Gasteiger partial charge in [-0.25, -0.2) is 36.2 Å². The fraction of sp³-hybridized carbons (Fsp3) is 0.398. The molecule has 10 aromatic rings. The maximum absolute atomic E-state index is 14.1. The Morgan fingerprint density at radius 3 is 1.38 bits per heavy atom. The van der Waals surface area contributed by atoms with Gasteiger partial charge in [0.2, 0.25) is 0 Å². The number of rotatable bonds is 24. The topological polar surface area (TPSA) is 311 Å². The fourth-order valence-electron chi connectivity index (χ4n) is 18.2. The number of fused-ring (bicyclic) bond motifs is 4. The van der Waals surface area contributed by atoms with Gasteiger partial charge in [0.25, 0.3) is 43.2 Å². The van der Waals surface area contributed by atoms with Crippen LogP contribution in [0.2, 0.25) is 10.0 Å². The normalized spacial score (nSPS) is 19.1. The van der Waals surface area contributed by atoms with E-state index in [-0.39, 0.29) is 66.5 Å². The largest absolute Gasteiger partial charge is 0.455 e. The molecule has 17 rings (SSSR count). The lowest BCUT2D eigenvalue weighted by molar-refractivity contribution is -0.386. The van der Waals surface area contributed by atoms with Gasteiger partial charge in [-0.05, 0) is 202 Å². The average Bonchev–Trinajstić information content (AvgIpc) is 0.962. The number of pyridine rings is 2. The number of aromatic amines is 2. The number of allylic oxidation sites excluding steroid dienone is 2. The van der Waals surface area contributed by atoms with Crippen molar-refractivity contribution in [1.82, 2.24) is 53.9 Å². The molecule has 126 heavy (non-hydrogen) atoms. The summed E-state index contributed by atoms with van der Waals surface area (Å²) < 4.78 is 72.8. The summed E-state index contributed by atoms with van der Waals surface area (Å²) in [5, 5.41) is 27.7. The second-order valence-electron chi connectivity index (χ2n) is 36.0. The van der Waals surface area contributed by atoms with Crippen LogP contribution in [0.15, 0.2) is 189 Å². The smallest absolute Gasteiger partial charge is 0.275 e. The second kappa shape index (κ2) is 37.8. The first kappa shape index (κ1) is 89.5. The maximum atomic E-state index is 14.1. The summed E-state index contributed by atoms with van der Waals surface area (Å²) in [4.78, 5) is 83.3. The summed E-state index contributed by atoms with van der Waals surface area (Å²) in [6, 6.07) is 38.9. The number of carbonyl (C=O) groups excluding carboxylic acids is 2. The number of hydrogen-bond acceptors (Lipinski definition) is 23. The quantitative estimate of drug-likeness (QED) is 0.0323. The van der Waals surface area contributed by atoms with Gasteiger partial charge in [0.15, 0.2) is 0 Å². The van der Waals surface area contributed by atoms with Gasteiger partial charge < -0.3 is 43.9 Å². The molecule has 2 aliphatic carbocycles. The number of carbonyl (C=O) groups is 2. The van der Waals surface area contributed by atoms with E-state index in [1.54, 1.807) is 67.1 Å². The number of H-pyrrole nitrogens is 2. The highest BCUT2D eigenvalue weighted by molar-refractivity contribution is 7.99. The van der Waals surface area contributed by atoms with Gasteiger partial charge in [-0.3, -0.25) is 39.6 Å². The number of anilines is 2. The number of sulfonamides is 2. The van der Waals surface area contributed by atoms with Crippen LogP contribution in [0.5, 0.6) is 23.0 Å². The molecule has 3 fully saturated rings. The summed E-state index contributed by atoms with van der Waals surface area (Å²) in [5.41, 5.74) is 12.2. The van der Waals surface area contributed by atoms with Crippen LogP contribution in [0, 0.1) is 42.9 Å². The zero-order chi connectivity index (χ0) is 88.5. The number of halogens is 2. The molecule has 33 heteroatoms. The molecule has 4 N–H and O–H groups in total. The molecule has 2 atom stereocenters. The number of benzene rings is 6. The third kappa shape index (κ3) is 21.2. The third-order valence-corrected chi connectivity index (χ3v) is 30.9. The van der Waals surface area contributed by atoms with Crippen LogP contribution in [0.3, 0.4) is 0 Å². The first-order valence-corrected chi connectivity index (χ1v) is 48.4. The van der Waals surface area contributed by atoms with Gasteiger partial charge in [0, 0.05) is 206 Å². The minimum atomic E-state index is -4.56. The number of likely N-dealkylation sites (N-methyl/N-ethyl adjacent to an activating group) is 1. The van der Waals surface area contributed by atoms with E-state index in [1.165, 1.54) is 75.3 Å². The Balaban J connectivity index is 0.000000186. The van der Waals surface area contributed by atoms with Crippen molar-refractivity contribution in [3.8, 4) is 23.0 Å². The number of nitro groups is 2. The van der Waals surface area contributed by atoms with Crippen LogP contribution in [0.4, 0.5) is 22.7 Å². The highest BCUT2D eigenvalue weighted by Crippen LogP contribution is 2.48. The first-order valence-electron chi connectivity index (χ1n) is 42.7. The van der Waals surface area contributed by atoms with Crippen molar-refractivity contribution >= 4 is 135 Å². The number of amides is 2. The van der Waals surface area contributed by atoms with E-state index < -0.39 is 41.7 Å². The lowest BCUT2D eigenvalue weighted by atomic mass is 9.72. The summed E-state index contributed by atoms with van der Waals surface area (Å²) in [7, 11) is -3.10. The van der Waals surface area contributed by atoms with Crippen molar-refractivity contribution in [2.75, 3.05) is 147 Å². The summed E-state index contributed by atoms with van der Waals surface area (Å²) in [5.74, 6) is 0.927. The van der Waals surface area contributed by atoms with E-state index in [1.807, 2.05) is 55.4 Å². The minimum absolute atomic E-state index is 0.0133. The van der Waals surface area contributed by atoms with Crippen molar-refractivity contribution in [3.63, 3.8) is 0 Å². The first-order chi connectivity index (χ1) is 60.3. The van der Waals surface area contributed by atoms with Crippen molar-refractivity contribution in [2.45, 2.75) is 98.6 Å². The Hall–Kier alpha value is -9.90. The summed E-state index contributed by atoms with van der Waals surface area (Å²) in [6.45, 7) is 22.8. The molecule has 2 amide bonds. The Morgan fingerprint density at radius 1 is 0.548 bits per heavy atom. The van der Waals surface area contributed by atoms with Crippen LogP contribution < -0.4 is 28.7 Å². The SMILES string of the molecule is CN(C)C[C@H]1CSc2cc(S(=O)(=O)NC(=O)c3ccc(N4CCN(CC5=C(c6ccc(Cl)cc6)CC(C)(C)CC5)CC4)cc3Oc3cnc4[nH]ccc4c3)cc([N+](=O)[O-])c2C1.CN1CCN(C[C@H]2CSc3cc(S(=O)(=O)NC(=O)c4ccc(N5CCN(CC6=C(c7ccc(Cl)cc7)CC(C)(C)CC6)CC5)cc4Oc4cnc5[nH]ccc5c4)cc([N+](=O)[O-])c3C2)CC1. The molecule has 0 radical (unpaired) electrons. The van der Waals surface area contributed by atoms with E-state index in [2.05, 4.69) is 118 Å². The average molecular weight is 1820 g/mol. The van der Waals surface area contributed by atoms with Crippen LogP contribution in [-0.4, -0.2) is 220 Å². The zero-order valence-electron chi connectivity index (χ0n) is 71.8. The molecule has 0 unspecified atom stereocenters. The summed E-state index contributed by atoms with van der Waals surface area (Å²) >= 11 is 15.3. The molecule has 662 valence electrons. The van der Waals surface area contributed by atoms with Crippen LogP contribution in [0.1, 0.15) is 109 Å². The van der Waals surface area contributed by atoms with Crippen LogP contribution in [-0.2, 0) is 32.9 Å². The Morgan fingerprint density at radius 2 is 0.960 bits per heavy atom. The molecule has 0 spiro atoms. The molecule has 0 bridgehead atoms. The Bertz CT molecular complexity index is 6100. The number of ether oxygens (including phenoxy) is 2. The minimum Gasteiger partial charge on any atom is -0.455 e. The summed E-state index contributed by atoms with van der Waals surface area (Å²) in [6.07, 6.45) is 14.0. The van der Waals surface area contributed by atoms with Gasteiger partial charge >= 0.3 is 0 Å². The lowest BCUT2D eigenvalue weighted by Gasteiger charge is -2.39. The highest BCUT2D eigenvalue weighted by Gasteiger charge is 2.38. The highest BCUT2D eigenvalue weighted by atomic mass is 35.5. The third-order valence-electron chi connectivity index (χ3n) is 25.1. The maximum Gasteiger partial charge on any atom is 0.275 e. The van der Waals surface area contributed by atoms with Gasteiger partial charge in [-0.1, -0.05) is 86.3 Å². The number of thioether (sulfide) groups is 2. The number of piperazine rings is 3. The molecule has 27 nitrogen and oxygen atoms in total. The van der Waals surface area contributed by atoms with Crippen molar-refractivity contribution < 1.29 is 45.7 Å². The lowest BCUT2D eigenvalue weighted by Crippen LogP contribution is -2.47. The standard InChI is InChI=1S/C48H55ClN8O6S2.C45H50ClN7O6S2/c1-48(2)12-10-35(42(27-48)33-4-6-36(49)7-5-33)30-55-18-20-56(21-19-55)37-8-9-40(44(24-37)63-38-23-34-11-13-50-46(34)51-28-38)47(58)52-65(61,62)39-25-43(57(59)60)41-22-32(31-64-45(41)26-39)29-54-16-14-53(3)15-17-54;1-45(2)13-11-32(39(24-45)30-5-7-33(46)8-6-30)27-51-15-17-52(18-16-51)34-9-10-37(41(21-34)59-35-20-31-12-14-47-43(31)48-25-35)44(54)49-61(57,58)36-22-40(53(55)56)38-19-29(26-50(3)4)28-60-42(38)23-36/h4-9,11,13,23-26,28,32H,10,12,14-22,27,29-31H2,1-3H3,(H,50,51)(H,52,58);5-10,12,14,20-23,25,29H,11,13,15-19,24,26-28H2,1-4H3,(H,47,48)(H,49,54)/t32-;29-/m00/s1. The van der Waals surface area contributed by atoms with Crippen molar-refractivity contribution in [3.05, 3.63) is 233 Å². The van der Waals surface area contributed by atoms with E-state index >= 15 is 0 Å². The molecule has 7 aliphatic rings. The predicted molar refractivity (Wildman–Crippen MR) is 498 cm³/mol. The molecule has 0 saturated carbocycles. The van der Waals surface area contributed by atoms with Crippen molar-refractivity contribution in [1.29, 1.82) is 0 Å². The predicted octanol–water partition coefficient (Wildman–Crippen LogP) is 17.0. The molecule has 6 aromatic carbocycles. The molecule has 3 saturated heterocycles.